The summed E-state index contributed by atoms with van der Waals surface area (Å²) in [5.41, 5.74) is 0.0944. The van der Waals surface area contributed by atoms with E-state index >= 15 is 0 Å². The minimum absolute atomic E-state index is 0.221. The highest BCUT2D eigenvalue weighted by molar-refractivity contribution is 8.00. The monoisotopic (exact) mass is 479 g/mol. The van der Waals surface area contributed by atoms with Crippen LogP contribution in [0.25, 0.3) is 0 Å². The first kappa shape index (κ1) is 23.3. The quantitative estimate of drug-likeness (QED) is 0.679. The van der Waals surface area contributed by atoms with Crippen LogP contribution in [0.3, 0.4) is 0 Å². The van der Waals surface area contributed by atoms with E-state index in [4.69, 9.17) is 4.74 Å². The van der Waals surface area contributed by atoms with Crippen LogP contribution in [0.5, 0.6) is 5.75 Å². The molecule has 2 aromatic carbocycles. The summed E-state index contributed by atoms with van der Waals surface area (Å²) in [5.74, 6) is 1.12. The third-order valence-corrected chi connectivity index (χ3v) is 7.59. The lowest BCUT2D eigenvalue weighted by atomic mass is 10.0. The molecule has 10 heteroatoms. The average Bonchev–Trinajstić information content (AvgIpc) is 3.21. The fraction of sp³-hybridized carbons (Fsp3) is 0.391. The number of nitrogens with zero attached hydrogens (tertiary/aromatic N) is 2. The van der Waals surface area contributed by atoms with Gasteiger partial charge in [-0.05, 0) is 49.2 Å². The van der Waals surface area contributed by atoms with Crippen molar-refractivity contribution in [3.05, 3.63) is 59.7 Å². The number of anilines is 1. The van der Waals surface area contributed by atoms with Gasteiger partial charge in [-0.15, -0.1) is 11.8 Å². The van der Waals surface area contributed by atoms with Crippen molar-refractivity contribution in [1.29, 1.82) is 0 Å². The lowest BCUT2D eigenvalue weighted by Crippen LogP contribution is -2.54. The van der Waals surface area contributed by atoms with Crippen molar-refractivity contribution in [2.75, 3.05) is 37.8 Å². The minimum atomic E-state index is -4.44. The molecule has 2 aliphatic heterocycles. The summed E-state index contributed by atoms with van der Waals surface area (Å²) in [7, 11) is 1.56. The van der Waals surface area contributed by atoms with E-state index in [9.17, 15) is 22.8 Å². The minimum Gasteiger partial charge on any atom is -0.497 e. The molecule has 0 aliphatic carbocycles. The molecule has 2 heterocycles. The van der Waals surface area contributed by atoms with Crippen molar-refractivity contribution < 1.29 is 27.5 Å². The molecule has 1 spiro atoms. The number of amides is 3. The maximum atomic E-state index is 13.1. The van der Waals surface area contributed by atoms with Gasteiger partial charge in [0.1, 0.15) is 5.75 Å². The molecule has 176 valence electrons. The van der Waals surface area contributed by atoms with Gasteiger partial charge in [-0.1, -0.05) is 6.07 Å². The number of nitrogens with one attached hydrogen (secondary N) is 1. The Bertz CT molecular complexity index is 1020. The Kier molecular flexibility index (Phi) is 6.47. The van der Waals surface area contributed by atoms with Crippen LogP contribution in [0.2, 0.25) is 0 Å². The highest BCUT2D eigenvalue weighted by atomic mass is 32.2. The number of benzene rings is 2. The molecular formula is C23H24F3N3O3S. The maximum absolute atomic E-state index is 13.1. The summed E-state index contributed by atoms with van der Waals surface area (Å²) in [5, 5.41) is 2.87. The number of piperidine rings is 1. The first-order valence-electron chi connectivity index (χ1n) is 10.5. The van der Waals surface area contributed by atoms with Gasteiger partial charge in [0.05, 0.1) is 17.5 Å². The van der Waals surface area contributed by atoms with E-state index in [-0.39, 0.29) is 17.5 Å². The summed E-state index contributed by atoms with van der Waals surface area (Å²) in [6.45, 7) is 1.47. The first-order chi connectivity index (χ1) is 15.7. The number of rotatable bonds is 3. The lowest BCUT2D eigenvalue weighted by Gasteiger charge is -2.44. The van der Waals surface area contributed by atoms with Crippen LogP contribution in [-0.4, -0.2) is 59.1 Å². The lowest BCUT2D eigenvalue weighted by molar-refractivity contribution is -0.137. The van der Waals surface area contributed by atoms with E-state index in [1.54, 1.807) is 52.9 Å². The largest absolute Gasteiger partial charge is 0.497 e. The van der Waals surface area contributed by atoms with Crippen LogP contribution in [0.1, 0.15) is 28.8 Å². The van der Waals surface area contributed by atoms with Gasteiger partial charge in [-0.25, -0.2) is 4.79 Å². The van der Waals surface area contributed by atoms with Gasteiger partial charge < -0.3 is 19.9 Å². The second-order valence-corrected chi connectivity index (χ2v) is 9.43. The van der Waals surface area contributed by atoms with Gasteiger partial charge in [-0.3, -0.25) is 4.79 Å². The van der Waals surface area contributed by atoms with Gasteiger partial charge in [-0.2, -0.15) is 13.2 Å². The predicted molar refractivity (Wildman–Crippen MR) is 120 cm³/mol. The van der Waals surface area contributed by atoms with Crippen LogP contribution in [-0.2, 0) is 6.18 Å². The number of ether oxygens (including phenoxy) is 1. The van der Waals surface area contributed by atoms with Crippen LogP contribution in [0.4, 0.5) is 23.7 Å². The van der Waals surface area contributed by atoms with Gasteiger partial charge in [0, 0.05) is 42.7 Å². The van der Waals surface area contributed by atoms with Crippen molar-refractivity contribution in [2.24, 2.45) is 0 Å². The maximum Gasteiger partial charge on any atom is 0.416 e. The van der Waals surface area contributed by atoms with Crippen molar-refractivity contribution in [2.45, 2.75) is 23.9 Å². The zero-order chi connectivity index (χ0) is 23.6. The third-order valence-electron chi connectivity index (χ3n) is 6.03. The molecule has 0 saturated carbocycles. The molecule has 0 aromatic heterocycles. The molecule has 33 heavy (non-hydrogen) atoms. The van der Waals surface area contributed by atoms with Crippen LogP contribution >= 0.6 is 11.8 Å². The van der Waals surface area contributed by atoms with Crippen molar-refractivity contribution >= 4 is 29.4 Å². The predicted octanol–water partition coefficient (Wildman–Crippen LogP) is 4.93. The number of carbonyl (C=O) groups excluding carboxylic acids is 2. The van der Waals surface area contributed by atoms with E-state index in [2.05, 4.69) is 5.32 Å². The number of hydrogen-bond donors (Lipinski definition) is 1. The molecule has 0 atom stereocenters. The molecule has 0 unspecified atom stereocenters. The topological polar surface area (TPSA) is 61.9 Å². The van der Waals surface area contributed by atoms with E-state index in [0.29, 0.717) is 43.9 Å². The van der Waals surface area contributed by atoms with Crippen LogP contribution in [0.15, 0.2) is 48.5 Å². The summed E-state index contributed by atoms with van der Waals surface area (Å²) in [6.07, 6.45) is -3.25. The second kappa shape index (κ2) is 9.17. The molecule has 6 nitrogen and oxygen atoms in total. The molecule has 2 aromatic rings. The fourth-order valence-corrected chi connectivity index (χ4v) is 5.68. The van der Waals surface area contributed by atoms with Crippen LogP contribution < -0.4 is 10.1 Å². The Hall–Kier alpha value is -2.88. The van der Waals surface area contributed by atoms with Crippen molar-refractivity contribution in [1.82, 2.24) is 9.80 Å². The molecule has 2 saturated heterocycles. The number of methoxy groups -OCH3 is 1. The summed E-state index contributed by atoms with van der Waals surface area (Å²) >= 11 is 1.68. The fourth-order valence-electron chi connectivity index (χ4n) is 4.23. The van der Waals surface area contributed by atoms with Gasteiger partial charge in [0.2, 0.25) is 0 Å². The smallest absolute Gasteiger partial charge is 0.416 e. The zero-order valence-corrected chi connectivity index (χ0v) is 18.8. The molecule has 2 aliphatic rings. The number of hydrogen-bond acceptors (Lipinski definition) is 4. The summed E-state index contributed by atoms with van der Waals surface area (Å²) in [4.78, 5) is 28.9. The van der Waals surface area contributed by atoms with Gasteiger partial charge in [0.25, 0.3) is 5.91 Å². The highest BCUT2D eigenvalue weighted by Crippen LogP contribution is 2.44. The molecule has 3 amide bonds. The normalized spacial score (nSPS) is 17.8. The molecular weight excluding hydrogens is 455 g/mol. The van der Waals surface area contributed by atoms with E-state index in [1.165, 1.54) is 12.1 Å². The third kappa shape index (κ3) is 4.90. The Morgan fingerprint density at radius 2 is 1.76 bits per heavy atom. The molecule has 0 radical (unpaired) electrons. The molecule has 4 rings (SSSR count). The second-order valence-electron chi connectivity index (χ2n) is 7.98. The number of likely N-dealkylation sites (tertiary alicyclic amines) is 1. The number of thioether (sulfide) groups is 1. The van der Waals surface area contributed by atoms with E-state index in [0.717, 1.165) is 17.9 Å². The summed E-state index contributed by atoms with van der Waals surface area (Å²) < 4.78 is 43.7. The first-order valence-corrected chi connectivity index (χ1v) is 11.5. The molecule has 1 N–H and O–H groups in total. The molecule has 0 bridgehead atoms. The summed E-state index contributed by atoms with van der Waals surface area (Å²) in [6, 6.07) is 11.2. The Morgan fingerprint density at radius 3 is 2.39 bits per heavy atom. The number of carbonyl (C=O) groups is 2. The number of alkyl halides is 3. The Balaban J connectivity index is 1.40. The van der Waals surface area contributed by atoms with Crippen molar-refractivity contribution in [3.8, 4) is 5.75 Å². The zero-order valence-electron chi connectivity index (χ0n) is 18.0. The Labute approximate surface area is 194 Å². The number of urea groups is 1. The van der Waals surface area contributed by atoms with E-state index < -0.39 is 16.6 Å². The average molecular weight is 480 g/mol. The van der Waals surface area contributed by atoms with Gasteiger partial charge in [0.15, 0.2) is 0 Å². The SMILES string of the molecule is COc1cccc(NC(=O)N2CCC3(CC2)SCCN3C(=O)c2ccc(C(F)(F)F)cc2)c1. The van der Waals surface area contributed by atoms with Crippen LogP contribution in [0, 0.1) is 0 Å². The molecule has 2 fully saturated rings. The Morgan fingerprint density at radius 1 is 1.06 bits per heavy atom. The van der Waals surface area contributed by atoms with Crippen molar-refractivity contribution in [3.63, 3.8) is 0 Å². The van der Waals surface area contributed by atoms with E-state index in [1.807, 2.05) is 0 Å². The standard InChI is InChI=1S/C23H24F3N3O3S/c1-32-19-4-2-3-18(15-19)27-21(31)28-11-9-22(10-12-28)29(13-14-33-22)20(30)16-5-7-17(8-6-16)23(24,25)26/h2-8,15H,9-14H2,1H3,(H,27,31). The van der Waals surface area contributed by atoms with Gasteiger partial charge >= 0.3 is 12.2 Å². The highest BCUT2D eigenvalue weighted by Gasteiger charge is 2.47. The number of halogens is 3.